The highest BCUT2D eigenvalue weighted by Gasteiger charge is 2.27. The van der Waals surface area contributed by atoms with Crippen molar-refractivity contribution in [1.29, 1.82) is 0 Å². The van der Waals surface area contributed by atoms with Gasteiger partial charge in [0.2, 0.25) is 11.5 Å². The van der Waals surface area contributed by atoms with Crippen LogP contribution < -0.4 is 5.73 Å². The Morgan fingerprint density at radius 1 is 1.44 bits per heavy atom. The molecule has 1 aromatic heterocycles. The van der Waals surface area contributed by atoms with Crippen molar-refractivity contribution in [2.24, 2.45) is 5.41 Å². The standard InChI is InChI=1S/C12H18N4O2/c1-12(2,3)8-4-6-16(7-5-8)11(17)9-10(13)15-18-14-9/h4H,5-7H2,1-3H3,(H2,13,15). The van der Waals surface area contributed by atoms with Crippen LogP contribution in [-0.2, 0) is 0 Å². The smallest absolute Gasteiger partial charge is 0.280 e. The van der Waals surface area contributed by atoms with Gasteiger partial charge in [-0.25, -0.2) is 4.63 Å². The number of amides is 1. The van der Waals surface area contributed by atoms with Crippen molar-refractivity contribution in [3.63, 3.8) is 0 Å². The highest BCUT2D eigenvalue weighted by Crippen LogP contribution is 2.30. The van der Waals surface area contributed by atoms with Crippen molar-refractivity contribution < 1.29 is 9.42 Å². The second kappa shape index (κ2) is 4.44. The number of rotatable bonds is 1. The number of hydrogen-bond acceptors (Lipinski definition) is 5. The highest BCUT2D eigenvalue weighted by molar-refractivity contribution is 5.96. The maximum Gasteiger partial charge on any atom is 0.280 e. The van der Waals surface area contributed by atoms with Gasteiger partial charge in [-0.2, -0.15) is 0 Å². The van der Waals surface area contributed by atoms with E-state index in [2.05, 4.69) is 41.8 Å². The fraction of sp³-hybridized carbons (Fsp3) is 0.583. The van der Waals surface area contributed by atoms with E-state index in [0.717, 1.165) is 6.42 Å². The largest absolute Gasteiger partial charge is 0.379 e. The maximum atomic E-state index is 12.1. The summed E-state index contributed by atoms with van der Waals surface area (Å²) in [5.41, 5.74) is 7.14. The minimum absolute atomic E-state index is 0.0468. The van der Waals surface area contributed by atoms with E-state index in [4.69, 9.17) is 5.73 Å². The minimum atomic E-state index is -0.224. The Hall–Kier alpha value is -1.85. The quantitative estimate of drug-likeness (QED) is 0.763. The third-order valence-electron chi connectivity index (χ3n) is 3.18. The number of aromatic nitrogens is 2. The van der Waals surface area contributed by atoms with E-state index in [1.54, 1.807) is 4.90 Å². The van der Waals surface area contributed by atoms with Crippen molar-refractivity contribution >= 4 is 11.7 Å². The molecular formula is C12H18N4O2. The number of nitrogen functional groups attached to an aromatic ring is 1. The molecule has 0 aliphatic carbocycles. The first kappa shape index (κ1) is 12.6. The van der Waals surface area contributed by atoms with E-state index in [1.807, 2.05) is 0 Å². The lowest BCUT2D eigenvalue weighted by Crippen LogP contribution is -2.36. The van der Waals surface area contributed by atoms with Gasteiger partial charge in [-0.1, -0.05) is 32.4 Å². The summed E-state index contributed by atoms with van der Waals surface area (Å²) in [5.74, 6) is -0.177. The van der Waals surface area contributed by atoms with E-state index >= 15 is 0 Å². The Bertz CT molecular complexity index is 485. The Morgan fingerprint density at radius 3 is 2.61 bits per heavy atom. The van der Waals surface area contributed by atoms with Gasteiger partial charge in [-0.3, -0.25) is 4.79 Å². The molecule has 0 unspecified atom stereocenters. The Morgan fingerprint density at radius 2 is 2.17 bits per heavy atom. The van der Waals surface area contributed by atoms with Crippen molar-refractivity contribution in [2.75, 3.05) is 18.8 Å². The summed E-state index contributed by atoms with van der Waals surface area (Å²) in [4.78, 5) is 13.8. The first-order valence-corrected chi connectivity index (χ1v) is 5.96. The lowest BCUT2D eigenvalue weighted by Gasteiger charge is -2.31. The van der Waals surface area contributed by atoms with E-state index < -0.39 is 0 Å². The van der Waals surface area contributed by atoms with Crippen LogP contribution >= 0.6 is 0 Å². The predicted molar refractivity (Wildman–Crippen MR) is 66.8 cm³/mol. The Balaban J connectivity index is 2.09. The Labute approximate surface area is 106 Å². The number of carbonyl (C=O) groups excluding carboxylic acids is 1. The van der Waals surface area contributed by atoms with Crippen LogP contribution in [0.1, 0.15) is 37.7 Å². The fourth-order valence-electron chi connectivity index (χ4n) is 2.03. The molecule has 1 aromatic rings. The lowest BCUT2D eigenvalue weighted by molar-refractivity contribution is 0.0754. The molecule has 0 bridgehead atoms. The zero-order valence-corrected chi connectivity index (χ0v) is 10.9. The van der Waals surface area contributed by atoms with E-state index in [9.17, 15) is 4.79 Å². The molecule has 2 N–H and O–H groups in total. The molecular weight excluding hydrogens is 232 g/mol. The van der Waals surface area contributed by atoms with Crippen LogP contribution in [-0.4, -0.2) is 34.2 Å². The minimum Gasteiger partial charge on any atom is -0.379 e. The van der Waals surface area contributed by atoms with E-state index in [-0.39, 0.29) is 22.8 Å². The van der Waals surface area contributed by atoms with Crippen molar-refractivity contribution in [1.82, 2.24) is 15.2 Å². The van der Waals surface area contributed by atoms with Crippen LogP contribution in [0.3, 0.4) is 0 Å². The monoisotopic (exact) mass is 250 g/mol. The lowest BCUT2D eigenvalue weighted by atomic mass is 9.83. The average molecular weight is 250 g/mol. The molecule has 2 heterocycles. The molecule has 98 valence electrons. The van der Waals surface area contributed by atoms with Gasteiger partial charge in [-0.15, -0.1) is 0 Å². The molecule has 0 fully saturated rings. The molecule has 1 aliphatic rings. The molecule has 0 radical (unpaired) electrons. The van der Waals surface area contributed by atoms with Gasteiger partial charge in [0, 0.05) is 13.1 Å². The first-order chi connectivity index (χ1) is 8.39. The average Bonchev–Trinajstić information content (AvgIpc) is 2.73. The maximum absolute atomic E-state index is 12.1. The van der Waals surface area contributed by atoms with Crippen LogP contribution in [0.25, 0.3) is 0 Å². The molecule has 0 atom stereocenters. The highest BCUT2D eigenvalue weighted by atomic mass is 16.6. The van der Waals surface area contributed by atoms with Crippen LogP contribution in [0.15, 0.2) is 16.3 Å². The first-order valence-electron chi connectivity index (χ1n) is 5.96. The second-order valence-electron chi connectivity index (χ2n) is 5.48. The Kier molecular flexibility index (Phi) is 3.11. The van der Waals surface area contributed by atoms with Crippen LogP contribution in [0.4, 0.5) is 5.82 Å². The van der Waals surface area contributed by atoms with Crippen LogP contribution in [0, 0.1) is 5.41 Å². The van der Waals surface area contributed by atoms with Crippen molar-refractivity contribution in [3.05, 3.63) is 17.3 Å². The van der Waals surface area contributed by atoms with Gasteiger partial charge in [0.1, 0.15) is 0 Å². The van der Waals surface area contributed by atoms with Gasteiger partial charge < -0.3 is 10.6 Å². The number of nitrogens with zero attached hydrogens (tertiary/aromatic N) is 3. The fourth-order valence-corrected chi connectivity index (χ4v) is 2.03. The normalized spacial score (nSPS) is 16.6. The summed E-state index contributed by atoms with van der Waals surface area (Å²) < 4.78 is 4.44. The number of anilines is 1. The van der Waals surface area contributed by atoms with E-state index in [1.165, 1.54) is 5.57 Å². The summed E-state index contributed by atoms with van der Waals surface area (Å²) in [6, 6.07) is 0. The second-order valence-corrected chi connectivity index (χ2v) is 5.48. The molecule has 0 saturated carbocycles. The molecule has 18 heavy (non-hydrogen) atoms. The molecule has 6 nitrogen and oxygen atoms in total. The van der Waals surface area contributed by atoms with Gasteiger partial charge in [-0.05, 0) is 22.1 Å². The molecule has 6 heteroatoms. The third-order valence-corrected chi connectivity index (χ3v) is 3.18. The van der Waals surface area contributed by atoms with Gasteiger partial charge in [0.25, 0.3) is 5.91 Å². The molecule has 2 rings (SSSR count). The summed E-state index contributed by atoms with van der Waals surface area (Å²) in [5, 5.41) is 6.95. The number of carbonyl (C=O) groups is 1. The summed E-state index contributed by atoms with van der Waals surface area (Å²) >= 11 is 0. The summed E-state index contributed by atoms with van der Waals surface area (Å²) in [6.07, 6.45) is 2.98. The molecule has 0 aromatic carbocycles. The van der Waals surface area contributed by atoms with Crippen LogP contribution in [0.5, 0.6) is 0 Å². The van der Waals surface area contributed by atoms with E-state index in [0.29, 0.717) is 13.1 Å². The zero-order chi connectivity index (χ0) is 13.3. The molecule has 0 spiro atoms. The topological polar surface area (TPSA) is 85.2 Å². The third kappa shape index (κ3) is 2.37. The number of nitrogens with two attached hydrogens (primary N) is 1. The van der Waals surface area contributed by atoms with Gasteiger partial charge >= 0.3 is 0 Å². The van der Waals surface area contributed by atoms with Crippen molar-refractivity contribution in [3.8, 4) is 0 Å². The van der Waals surface area contributed by atoms with Crippen molar-refractivity contribution in [2.45, 2.75) is 27.2 Å². The predicted octanol–water partition coefficient (Wildman–Crippen LogP) is 1.47. The zero-order valence-electron chi connectivity index (χ0n) is 10.9. The number of hydrogen-bond donors (Lipinski definition) is 1. The molecule has 0 saturated heterocycles. The van der Waals surface area contributed by atoms with Crippen LogP contribution in [0.2, 0.25) is 0 Å². The molecule has 1 amide bonds. The summed E-state index contributed by atoms with van der Waals surface area (Å²) in [7, 11) is 0. The van der Waals surface area contributed by atoms with Gasteiger partial charge in [0.05, 0.1) is 0 Å². The summed E-state index contributed by atoms with van der Waals surface area (Å²) in [6.45, 7) is 7.79. The SMILES string of the molecule is CC(C)(C)C1=CCN(C(=O)c2nonc2N)CC1. The van der Waals surface area contributed by atoms with Gasteiger partial charge in [0.15, 0.2) is 0 Å². The molecule has 1 aliphatic heterocycles.